The molecule has 6 heteroatoms. The van der Waals surface area contributed by atoms with E-state index in [1.54, 1.807) is 0 Å². The predicted octanol–water partition coefficient (Wildman–Crippen LogP) is 1.24. The summed E-state index contributed by atoms with van der Waals surface area (Å²) >= 11 is 0. The number of benzene rings is 1. The van der Waals surface area contributed by atoms with E-state index in [-0.39, 0.29) is 0 Å². The largest absolute Gasteiger partial charge is 0.491 e. The summed E-state index contributed by atoms with van der Waals surface area (Å²) in [5.74, 6) is -6.06. The van der Waals surface area contributed by atoms with Gasteiger partial charge in [-0.1, -0.05) is 0 Å². The Hall–Kier alpha value is -1.98. The molecule has 0 aliphatic heterocycles. The van der Waals surface area contributed by atoms with E-state index < -0.39 is 34.7 Å². The highest BCUT2D eigenvalue weighted by Gasteiger charge is 2.19. The average Bonchev–Trinajstić information content (AvgIpc) is 2.15. The monoisotopic (exact) mass is 216 g/mol. The van der Waals surface area contributed by atoms with Crippen molar-refractivity contribution in [2.45, 2.75) is 0 Å². The highest BCUT2D eigenvalue weighted by atomic mass is 19.1. The molecule has 1 rings (SSSR count). The average molecular weight is 216 g/mol. The molecule has 0 radical (unpaired) electrons. The quantitative estimate of drug-likeness (QED) is 0.609. The van der Waals surface area contributed by atoms with Crippen molar-refractivity contribution < 1.29 is 28.2 Å². The zero-order chi connectivity index (χ0) is 11.6. The zero-order valence-corrected chi connectivity index (χ0v) is 7.58. The Bertz CT molecular complexity index is 405. The van der Waals surface area contributed by atoms with Gasteiger partial charge >= 0.3 is 5.97 Å². The van der Waals surface area contributed by atoms with E-state index >= 15 is 0 Å². The number of aliphatic carboxylic acids is 1. The van der Waals surface area contributed by atoms with Crippen molar-refractivity contribution in [2.24, 2.45) is 0 Å². The molecular formula is C9H6F2O4. The molecule has 0 unspecified atom stereocenters. The number of Topliss-reactive ketones (excluding diaryl/α,β-unsaturated/α-hetero) is 1. The van der Waals surface area contributed by atoms with Crippen molar-refractivity contribution in [2.75, 3.05) is 7.11 Å². The maximum Gasteiger partial charge on any atom is 0.377 e. The standard InChI is InChI=1S/C9H6F2O4/c1-15-8-5(10)2-4(3-6(8)11)7(12)9(13)14/h2-3H,1H3,(H,13,14). The van der Waals surface area contributed by atoms with Crippen LogP contribution in [0, 0.1) is 11.6 Å². The molecule has 1 aromatic carbocycles. The van der Waals surface area contributed by atoms with Gasteiger partial charge in [0.2, 0.25) is 0 Å². The van der Waals surface area contributed by atoms with Gasteiger partial charge in [-0.05, 0) is 12.1 Å². The lowest BCUT2D eigenvalue weighted by Crippen LogP contribution is -2.13. The normalized spacial score (nSPS) is 9.80. The molecule has 0 spiro atoms. The predicted molar refractivity (Wildman–Crippen MR) is 44.9 cm³/mol. The molecule has 0 aromatic heterocycles. The second-order valence-electron chi connectivity index (χ2n) is 2.61. The van der Waals surface area contributed by atoms with Gasteiger partial charge in [-0.25, -0.2) is 13.6 Å². The van der Waals surface area contributed by atoms with Crippen LogP contribution in [0.1, 0.15) is 10.4 Å². The number of ether oxygens (including phenoxy) is 1. The molecule has 1 aromatic rings. The summed E-state index contributed by atoms with van der Waals surface area (Å²) in [4.78, 5) is 21.1. The molecule has 0 saturated heterocycles. The zero-order valence-electron chi connectivity index (χ0n) is 7.58. The molecule has 0 saturated carbocycles. The molecule has 0 aliphatic rings. The van der Waals surface area contributed by atoms with E-state index in [1.807, 2.05) is 0 Å². The smallest absolute Gasteiger partial charge is 0.377 e. The molecule has 0 aliphatic carbocycles. The Morgan fingerprint density at radius 2 is 1.73 bits per heavy atom. The van der Waals surface area contributed by atoms with Gasteiger partial charge in [-0.15, -0.1) is 0 Å². The van der Waals surface area contributed by atoms with Crippen LogP contribution in [0.15, 0.2) is 12.1 Å². The summed E-state index contributed by atoms with van der Waals surface area (Å²) in [6.07, 6.45) is 0. The Morgan fingerprint density at radius 3 is 2.07 bits per heavy atom. The third kappa shape index (κ3) is 2.09. The highest BCUT2D eigenvalue weighted by molar-refractivity contribution is 6.39. The number of hydrogen-bond acceptors (Lipinski definition) is 3. The first-order chi connectivity index (χ1) is 6.97. The van der Waals surface area contributed by atoms with E-state index in [2.05, 4.69) is 4.74 Å². The Labute approximate surface area is 83.1 Å². The minimum absolute atomic E-state index is 0.571. The van der Waals surface area contributed by atoms with Crippen LogP contribution in [0.25, 0.3) is 0 Å². The lowest BCUT2D eigenvalue weighted by Gasteiger charge is -2.04. The molecule has 0 bridgehead atoms. The molecule has 80 valence electrons. The fourth-order valence-corrected chi connectivity index (χ4v) is 1.01. The number of carbonyl (C=O) groups is 2. The number of ketones is 1. The fourth-order valence-electron chi connectivity index (χ4n) is 1.01. The van der Waals surface area contributed by atoms with E-state index in [4.69, 9.17) is 5.11 Å². The molecule has 15 heavy (non-hydrogen) atoms. The summed E-state index contributed by atoms with van der Waals surface area (Å²) < 4.78 is 30.4. The van der Waals surface area contributed by atoms with E-state index in [9.17, 15) is 18.4 Å². The van der Waals surface area contributed by atoms with Crippen molar-refractivity contribution in [1.29, 1.82) is 0 Å². The first-order valence-electron chi connectivity index (χ1n) is 3.78. The highest BCUT2D eigenvalue weighted by Crippen LogP contribution is 2.22. The molecular weight excluding hydrogens is 210 g/mol. The van der Waals surface area contributed by atoms with Crippen LogP contribution in [-0.4, -0.2) is 24.0 Å². The van der Waals surface area contributed by atoms with Crippen LogP contribution in [-0.2, 0) is 4.79 Å². The third-order valence-electron chi connectivity index (χ3n) is 1.66. The van der Waals surface area contributed by atoms with Crippen LogP contribution >= 0.6 is 0 Å². The van der Waals surface area contributed by atoms with Crippen molar-refractivity contribution in [3.63, 3.8) is 0 Å². The summed E-state index contributed by atoms with van der Waals surface area (Å²) in [6.45, 7) is 0. The summed E-state index contributed by atoms with van der Waals surface area (Å²) in [6, 6.07) is 1.22. The number of hydrogen-bond donors (Lipinski definition) is 1. The van der Waals surface area contributed by atoms with Crippen molar-refractivity contribution in [3.05, 3.63) is 29.3 Å². The SMILES string of the molecule is COc1c(F)cc(C(=O)C(=O)O)cc1F. The van der Waals surface area contributed by atoms with Crippen LogP contribution in [0.2, 0.25) is 0 Å². The Morgan fingerprint density at radius 1 is 1.27 bits per heavy atom. The molecule has 0 atom stereocenters. The van der Waals surface area contributed by atoms with Gasteiger partial charge in [0.25, 0.3) is 5.78 Å². The first kappa shape index (κ1) is 11.1. The van der Waals surface area contributed by atoms with E-state index in [0.717, 1.165) is 7.11 Å². The Balaban J connectivity index is 3.26. The number of rotatable bonds is 3. The van der Waals surface area contributed by atoms with Crippen molar-refractivity contribution in [1.82, 2.24) is 0 Å². The maximum atomic E-state index is 13.0. The fraction of sp³-hybridized carbons (Fsp3) is 0.111. The maximum absolute atomic E-state index is 13.0. The number of carboxylic acids is 1. The van der Waals surface area contributed by atoms with Crippen LogP contribution in [0.3, 0.4) is 0 Å². The van der Waals surface area contributed by atoms with Crippen LogP contribution in [0.4, 0.5) is 8.78 Å². The van der Waals surface area contributed by atoms with Crippen LogP contribution < -0.4 is 4.74 Å². The van der Waals surface area contributed by atoms with Crippen molar-refractivity contribution >= 4 is 11.8 Å². The number of carbonyl (C=O) groups excluding carboxylic acids is 1. The molecule has 0 fully saturated rings. The Kier molecular flexibility index (Phi) is 2.99. The topological polar surface area (TPSA) is 63.6 Å². The van der Waals surface area contributed by atoms with Crippen LogP contribution in [0.5, 0.6) is 5.75 Å². The first-order valence-corrected chi connectivity index (χ1v) is 3.78. The number of carboxylic acid groups (broad SMARTS) is 1. The van der Waals surface area contributed by atoms with Crippen molar-refractivity contribution in [3.8, 4) is 5.75 Å². The van der Waals surface area contributed by atoms with Gasteiger partial charge in [-0.2, -0.15) is 0 Å². The minimum atomic E-state index is -1.78. The molecule has 0 amide bonds. The number of methoxy groups -OCH3 is 1. The van der Waals surface area contributed by atoms with Gasteiger partial charge in [0, 0.05) is 5.56 Å². The lowest BCUT2D eigenvalue weighted by atomic mass is 10.1. The lowest BCUT2D eigenvalue weighted by molar-refractivity contribution is -0.131. The van der Waals surface area contributed by atoms with Gasteiger partial charge in [0.1, 0.15) is 0 Å². The van der Waals surface area contributed by atoms with Gasteiger partial charge in [0.15, 0.2) is 17.4 Å². The summed E-state index contributed by atoms with van der Waals surface area (Å²) in [5, 5.41) is 8.32. The molecule has 0 heterocycles. The third-order valence-corrected chi connectivity index (χ3v) is 1.66. The number of halogens is 2. The molecule has 4 nitrogen and oxygen atoms in total. The second-order valence-corrected chi connectivity index (χ2v) is 2.61. The van der Waals surface area contributed by atoms with Gasteiger partial charge < -0.3 is 9.84 Å². The van der Waals surface area contributed by atoms with Gasteiger partial charge in [0.05, 0.1) is 7.11 Å². The minimum Gasteiger partial charge on any atom is -0.491 e. The van der Waals surface area contributed by atoms with E-state index in [0.29, 0.717) is 12.1 Å². The molecule has 1 N–H and O–H groups in total. The summed E-state index contributed by atoms with van der Waals surface area (Å²) in [5.41, 5.74) is -0.571. The summed E-state index contributed by atoms with van der Waals surface area (Å²) in [7, 11) is 1.06. The van der Waals surface area contributed by atoms with Gasteiger partial charge in [-0.3, -0.25) is 4.79 Å². The second kappa shape index (κ2) is 4.04. The van der Waals surface area contributed by atoms with E-state index in [1.165, 1.54) is 0 Å².